The van der Waals surface area contributed by atoms with Gasteiger partial charge in [-0.05, 0) is 12.8 Å². The van der Waals surface area contributed by atoms with Crippen molar-refractivity contribution in [3.8, 4) is 0 Å². The molecule has 1 fully saturated rings. The van der Waals surface area contributed by atoms with Crippen LogP contribution in [0.25, 0.3) is 0 Å². The molecule has 0 aliphatic heterocycles. The van der Waals surface area contributed by atoms with E-state index in [2.05, 4.69) is 15.3 Å². The first-order chi connectivity index (χ1) is 7.45. The zero-order chi connectivity index (χ0) is 10.3. The Morgan fingerprint density at radius 3 is 2.20 bits per heavy atom. The third kappa shape index (κ3) is 3.50. The highest BCUT2D eigenvalue weighted by molar-refractivity contribution is 5.38. The van der Waals surface area contributed by atoms with E-state index in [9.17, 15) is 0 Å². The Labute approximate surface area is 91.3 Å². The van der Waals surface area contributed by atoms with Crippen molar-refractivity contribution < 1.29 is 0 Å². The van der Waals surface area contributed by atoms with Gasteiger partial charge in [-0.2, -0.15) is 0 Å². The van der Waals surface area contributed by atoms with Gasteiger partial charge in [0, 0.05) is 6.04 Å². The summed E-state index contributed by atoms with van der Waals surface area (Å²) in [5, 5.41) is 3.52. The lowest BCUT2D eigenvalue weighted by Gasteiger charge is -2.21. The molecule has 1 saturated carbocycles. The quantitative estimate of drug-likeness (QED) is 0.806. The van der Waals surface area contributed by atoms with Crippen LogP contribution in [0.5, 0.6) is 0 Å². The normalized spacial score (nSPS) is 19.2. The molecule has 0 bridgehead atoms. The SMILES string of the molecule is c1ncc(NC2CCCCCCC2)cn1. The van der Waals surface area contributed by atoms with Crippen LogP contribution in [0, 0.1) is 0 Å². The Morgan fingerprint density at radius 1 is 0.933 bits per heavy atom. The fraction of sp³-hybridized carbons (Fsp3) is 0.667. The van der Waals surface area contributed by atoms with E-state index in [1.807, 2.05) is 12.4 Å². The third-order valence-corrected chi connectivity index (χ3v) is 3.04. The summed E-state index contributed by atoms with van der Waals surface area (Å²) >= 11 is 0. The van der Waals surface area contributed by atoms with Gasteiger partial charge in [0.2, 0.25) is 0 Å². The van der Waals surface area contributed by atoms with E-state index in [-0.39, 0.29) is 0 Å². The molecule has 2 rings (SSSR count). The molecule has 0 spiro atoms. The predicted octanol–water partition coefficient (Wildman–Crippen LogP) is 3.00. The van der Waals surface area contributed by atoms with Gasteiger partial charge < -0.3 is 5.32 Å². The molecule has 0 aromatic carbocycles. The van der Waals surface area contributed by atoms with Crippen molar-refractivity contribution in [3.05, 3.63) is 18.7 Å². The molecule has 1 aromatic rings. The van der Waals surface area contributed by atoms with Crippen molar-refractivity contribution in [2.75, 3.05) is 5.32 Å². The van der Waals surface area contributed by atoms with Crippen molar-refractivity contribution in [1.82, 2.24) is 9.97 Å². The van der Waals surface area contributed by atoms with E-state index in [0.29, 0.717) is 6.04 Å². The smallest absolute Gasteiger partial charge is 0.115 e. The van der Waals surface area contributed by atoms with Gasteiger partial charge in [0.1, 0.15) is 6.33 Å². The Hall–Kier alpha value is -1.12. The molecular weight excluding hydrogens is 186 g/mol. The van der Waals surface area contributed by atoms with Gasteiger partial charge in [-0.25, -0.2) is 9.97 Å². The van der Waals surface area contributed by atoms with E-state index in [0.717, 1.165) is 5.69 Å². The first kappa shape index (κ1) is 10.4. The van der Waals surface area contributed by atoms with Gasteiger partial charge in [0.25, 0.3) is 0 Å². The molecule has 1 heterocycles. The Morgan fingerprint density at radius 2 is 1.53 bits per heavy atom. The Kier molecular flexibility index (Phi) is 3.94. The summed E-state index contributed by atoms with van der Waals surface area (Å²) in [5.41, 5.74) is 1.06. The van der Waals surface area contributed by atoms with E-state index >= 15 is 0 Å². The second kappa shape index (κ2) is 5.69. The van der Waals surface area contributed by atoms with Crippen molar-refractivity contribution in [2.45, 2.75) is 51.0 Å². The van der Waals surface area contributed by atoms with E-state index in [1.165, 1.54) is 44.9 Å². The first-order valence-electron chi connectivity index (χ1n) is 5.97. The number of nitrogens with one attached hydrogen (secondary N) is 1. The standard InChI is InChI=1S/C12H19N3/c1-2-4-6-11(7-5-3-1)15-12-8-13-10-14-9-12/h8-11,15H,1-7H2. The van der Waals surface area contributed by atoms with Crippen LogP contribution in [0.15, 0.2) is 18.7 Å². The fourth-order valence-corrected chi connectivity index (χ4v) is 2.21. The summed E-state index contributed by atoms with van der Waals surface area (Å²) in [6, 6.07) is 0.622. The number of rotatable bonds is 2. The zero-order valence-corrected chi connectivity index (χ0v) is 9.15. The maximum absolute atomic E-state index is 4.02. The molecule has 0 atom stereocenters. The minimum atomic E-state index is 0.622. The molecule has 0 radical (unpaired) electrons. The maximum atomic E-state index is 4.02. The molecule has 0 saturated heterocycles. The lowest BCUT2D eigenvalue weighted by molar-refractivity contribution is 0.471. The summed E-state index contributed by atoms with van der Waals surface area (Å²) in [6.07, 6.45) is 14.8. The largest absolute Gasteiger partial charge is 0.380 e. The first-order valence-corrected chi connectivity index (χ1v) is 5.97. The summed E-state index contributed by atoms with van der Waals surface area (Å²) in [4.78, 5) is 8.04. The number of anilines is 1. The number of nitrogens with zero attached hydrogens (tertiary/aromatic N) is 2. The monoisotopic (exact) mass is 205 g/mol. The van der Waals surface area contributed by atoms with Crippen LogP contribution >= 0.6 is 0 Å². The van der Waals surface area contributed by atoms with Crippen LogP contribution in [0.3, 0.4) is 0 Å². The average Bonchev–Trinajstić information content (AvgIpc) is 2.23. The molecule has 3 heteroatoms. The lowest BCUT2D eigenvalue weighted by atomic mass is 9.97. The summed E-state index contributed by atoms with van der Waals surface area (Å²) in [7, 11) is 0. The lowest BCUT2D eigenvalue weighted by Crippen LogP contribution is -2.20. The van der Waals surface area contributed by atoms with Crippen LogP contribution in [0.4, 0.5) is 5.69 Å². The molecule has 1 aliphatic rings. The highest BCUT2D eigenvalue weighted by Crippen LogP contribution is 2.19. The van der Waals surface area contributed by atoms with E-state index in [4.69, 9.17) is 0 Å². The van der Waals surface area contributed by atoms with Crippen molar-refractivity contribution in [3.63, 3.8) is 0 Å². The topological polar surface area (TPSA) is 37.8 Å². The second-order valence-corrected chi connectivity index (χ2v) is 4.31. The van der Waals surface area contributed by atoms with Crippen molar-refractivity contribution in [2.24, 2.45) is 0 Å². The van der Waals surface area contributed by atoms with Gasteiger partial charge in [-0.3, -0.25) is 0 Å². The van der Waals surface area contributed by atoms with Gasteiger partial charge in [-0.15, -0.1) is 0 Å². The molecule has 0 amide bonds. The van der Waals surface area contributed by atoms with E-state index in [1.54, 1.807) is 6.33 Å². The van der Waals surface area contributed by atoms with Crippen LogP contribution in [-0.2, 0) is 0 Å². The molecule has 3 nitrogen and oxygen atoms in total. The highest BCUT2D eigenvalue weighted by Gasteiger charge is 2.10. The summed E-state index contributed by atoms with van der Waals surface area (Å²) in [6.45, 7) is 0. The van der Waals surface area contributed by atoms with Crippen molar-refractivity contribution in [1.29, 1.82) is 0 Å². The van der Waals surface area contributed by atoms with Crippen LogP contribution in [0.2, 0.25) is 0 Å². The minimum absolute atomic E-state index is 0.622. The van der Waals surface area contributed by atoms with Crippen LogP contribution in [0.1, 0.15) is 44.9 Å². The number of hydrogen-bond acceptors (Lipinski definition) is 3. The van der Waals surface area contributed by atoms with Gasteiger partial charge >= 0.3 is 0 Å². The van der Waals surface area contributed by atoms with E-state index < -0.39 is 0 Å². The van der Waals surface area contributed by atoms with Crippen LogP contribution < -0.4 is 5.32 Å². The van der Waals surface area contributed by atoms with Crippen molar-refractivity contribution >= 4 is 5.69 Å². The molecule has 1 N–H and O–H groups in total. The summed E-state index contributed by atoms with van der Waals surface area (Å²) < 4.78 is 0. The van der Waals surface area contributed by atoms with Crippen LogP contribution in [-0.4, -0.2) is 16.0 Å². The number of aromatic nitrogens is 2. The fourth-order valence-electron chi connectivity index (χ4n) is 2.21. The molecule has 1 aromatic heterocycles. The average molecular weight is 205 g/mol. The molecule has 0 unspecified atom stereocenters. The molecular formula is C12H19N3. The van der Waals surface area contributed by atoms with Gasteiger partial charge in [-0.1, -0.05) is 32.1 Å². The predicted molar refractivity (Wildman–Crippen MR) is 61.8 cm³/mol. The second-order valence-electron chi connectivity index (χ2n) is 4.31. The molecule has 82 valence electrons. The maximum Gasteiger partial charge on any atom is 0.115 e. The molecule has 1 aliphatic carbocycles. The highest BCUT2D eigenvalue weighted by atomic mass is 15.0. The van der Waals surface area contributed by atoms with Gasteiger partial charge in [0.05, 0.1) is 18.1 Å². The zero-order valence-electron chi connectivity index (χ0n) is 9.15. The Bertz CT molecular complexity index is 265. The number of hydrogen-bond donors (Lipinski definition) is 1. The minimum Gasteiger partial charge on any atom is -0.380 e. The summed E-state index contributed by atoms with van der Waals surface area (Å²) in [5.74, 6) is 0. The third-order valence-electron chi connectivity index (χ3n) is 3.04. The Balaban J connectivity index is 1.86. The molecule has 15 heavy (non-hydrogen) atoms. The van der Waals surface area contributed by atoms with Gasteiger partial charge in [0.15, 0.2) is 0 Å².